The number of ether oxygens (including phenoxy) is 1. The predicted octanol–water partition coefficient (Wildman–Crippen LogP) is 0.584. The summed E-state index contributed by atoms with van der Waals surface area (Å²) in [5.74, 6) is -0.337. The van der Waals surface area contributed by atoms with E-state index in [0.29, 0.717) is 5.69 Å². The van der Waals surface area contributed by atoms with Gasteiger partial charge in [0.2, 0.25) is 5.95 Å². The smallest absolute Gasteiger partial charge is 0.341 e. The Morgan fingerprint density at radius 2 is 2.46 bits per heavy atom. The third-order valence-electron chi connectivity index (χ3n) is 1.42. The summed E-state index contributed by atoms with van der Waals surface area (Å²) >= 11 is 5.55. The Morgan fingerprint density at radius 3 is 3.00 bits per heavy atom. The average molecular weight is 202 g/mol. The van der Waals surface area contributed by atoms with Crippen LogP contribution in [0.1, 0.15) is 16.1 Å². The molecule has 1 rings (SSSR count). The van der Waals surface area contributed by atoms with Crippen LogP contribution in [0.3, 0.4) is 0 Å². The van der Waals surface area contributed by atoms with Gasteiger partial charge in [0.15, 0.2) is 0 Å². The van der Waals surface area contributed by atoms with E-state index in [1.165, 1.54) is 13.3 Å². The van der Waals surface area contributed by atoms with E-state index < -0.39 is 5.97 Å². The van der Waals surface area contributed by atoms with Crippen molar-refractivity contribution >= 4 is 23.5 Å². The minimum absolute atomic E-state index is 0.0864. The zero-order valence-electron chi connectivity index (χ0n) is 6.95. The number of nitrogen functional groups attached to an aromatic ring is 1. The van der Waals surface area contributed by atoms with Crippen LogP contribution in [0.15, 0.2) is 6.20 Å². The molecule has 0 aromatic carbocycles. The second-order valence-electron chi connectivity index (χ2n) is 2.21. The van der Waals surface area contributed by atoms with E-state index in [-0.39, 0.29) is 17.4 Å². The van der Waals surface area contributed by atoms with Gasteiger partial charge in [-0.15, -0.1) is 11.6 Å². The van der Waals surface area contributed by atoms with Gasteiger partial charge in [-0.2, -0.15) is 0 Å². The van der Waals surface area contributed by atoms with Gasteiger partial charge in [-0.3, -0.25) is 0 Å². The van der Waals surface area contributed by atoms with E-state index in [9.17, 15) is 4.79 Å². The predicted molar refractivity (Wildman–Crippen MR) is 47.3 cm³/mol. The van der Waals surface area contributed by atoms with Crippen molar-refractivity contribution in [1.29, 1.82) is 0 Å². The SMILES string of the molecule is COC(=O)c1cnc(N)nc1CCl. The van der Waals surface area contributed by atoms with Crippen LogP contribution in [0.5, 0.6) is 0 Å². The Kier molecular flexibility index (Phi) is 3.02. The quantitative estimate of drug-likeness (QED) is 0.560. The van der Waals surface area contributed by atoms with Crippen LogP contribution in [0.25, 0.3) is 0 Å². The fourth-order valence-corrected chi connectivity index (χ4v) is 1.02. The highest BCUT2D eigenvalue weighted by atomic mass is 35.5. The first-order valence-corrected chi connectivity index (χ1v) is 3.98. The van der Waals surface area contributed by atoms with Crippen LogP contribution >= 0.6 is 11.6 Å². The van der Waals surface area contributed by atoms with E-state index in [1.54, 1.807) is 0 Å². The number of hydrogen-bond donors (Lipinski definition) is 1. The highest BCUT2D eigenvalue weighted by molar-refractivity contribution is 6.17. The molecule has 0 atom stereocenters. The Balaban J connectivity index is 3.13. The number of esters is 1. The maximum atomic E-state index is 11.1. The molecule has 1 aromatic heterocycles. The molecule has 0 bridgehead atoms. The molecule has 0 aliphatic heterocycles. The number of methoxy groups -OCH3 is 1. The summed E-state index contributed by atoms with van der Waals surface area (Å²) in [6.07, 6.45) is 1.30. The third kappa shape index (κ3) is 2.06. The minimum Gasteiger partial charge on any atom is -0.465 e. The monoisotopic (exact) mass is 201 g/mol. The molecule has 0 aliphatic rings. The van der Waals surface area contributed by atoms with Gasteiger partial charge >= 0.3 is 5.97 Å². The van der Waals surface area contributed by atoms with Crippen LogP contribution in [-0.2, 0) is 10.6 Å². The van der Waals surface area contributed by atoms with Crippen molar-refractivity contribution in [2.24, 2.45) is 0 Å². The van der Waals surface area contributed by atoms with Gasteiger partial charge in [0, 0.05) is 6.20 Å². The van der Waals surface area contributed by atoms with Gasteiger partial charge < -0.3 is 10.5 Å². The van der Waals surface area contributed by atoms with E-state index in [4.69, 9.17) is 17.3 Å². The van der Waals surface area contributed by atoms with Crippen LogP contribution in [0.4, 0.5) is 5.95 Å². The zero-order valence-corrected chi connectivity index (χ0v) is 7.71. The number of carbonyl (C=O) groups excluding carboxylic acids is 1. The Hall–Kier alpha value is -1.36. The number of nitrogens with two attached hydrogens (primary N) is 1. The summed E-state index contributed by atoms with van der Waals surface area (Å²) in [6, 6.07) is 0. The molecular weight excluding hydrogens is 194 g/mol. The molecule has 70 valence electrons. The molecule has 1 aromatic rings. The number of halogens is 1. The normalized spacial score (nSPS) is 9.69. The van der Waals surface area contributed by atoms with Crippen molar-refractivity contribution < 1.29 is 9.53 Å². The molecule has 5 nitrogen and oxygen atoms in total. The molecule has 6 heteroatoms. The molecule has 0 fully saturated rings. The Bertz CT molecular complexity index is 330. The largest absolute Gasteiger partial charge is 0.465 e. The topological polar surface area (TPSA) is 78.1 Å². The molecule has 2 N–H and O–H groups in total. The maximum Gasteiger partial charge on any atom is 0.341 e. The molecule has 0 amide bonds. The van der Waals surface area contributed by atoms with Crippen LogP contribution < -0.4 is 5.73 Å². The highest BCUT2D eigenvalue weighted by Gasteiger charge is 2.13. The lowest BCUT2D eigenvalue weighted by Crippen LogP contribution is -2.09. The first-order valence-electron chi connectivity index (χ1n) is 3.44. The lowest BCUT2D eigenvalue weighted by atomic mass is 10.2. The van der Waals surface area contributed by atoms with Crippen molar-refractivity contribution in [2.45, 2.75) is 5.88 Å². The van der Waals surface area contributed by atoms with Gasteiger partial charge in [0.25, 0.3) is 0 Å². The molecule has 1 heterocycles. The summed E-state index contributed by atoms with van der Waals surface area (Å²) in [7, 11) is 1.27. The van der Waals surface area contributed by atoms with Gasteiger partial charge in [-0.1, -0.05) is 0 Å². The summed E-state index contributed by atoms with van der Waals surface area (Å²) in [4.78, 5) is 18.6. The number of rotatable bonds is 2. The molecule has 0 unspecified atom stereocenters. The number of carbonyl (C=O) groups is 1. The minimum atomic E-state index is -0.518. The standard InChI is InChI=1S/C7H8ClN3O2/c1-13-6(12)4-3-10-7(9)11-5(4)2-8/h3H,2H2,1H3,(H2,9,10,11). The van der Waals surface area contributed by atoms with E-state index >= 15 is 0 Å². The van der Waals surface area contributed by atoms with Gasteiger partial charge in [0.1, 0.15) is 5.56 Å². The van der Waals surface area contributed by atoms with Crippen molar-refractivity contribution in [2.75, 3.05) is 12.8 Å². The molecule has 0 saturated carbocycles. The van der Waals surface area contributed by atoms with Gasteiger partial charge in [-0.05, 0) is 0 Å². The second-order valence-corrected chi connectivity index (χ2v) is 2.48. The molecule has 0 spiro atoms. The lowest BCUT2D eigenvalue weighted by molar-refractivity contribution is 0.0599. The number of aromatic nitrogens is 2. The lowest BCUT2D eigenvalue weighted by Gasteiger charge is -2.03. The van der Waals surface area contributed by atoms with Crippen LogP contribution in [-0.4, -0.2) is 23.0 Å². The number of hydrogen-bond acceptors (Lipinski definition) is 5. The molecule has 0 radical (unpaired) electrons. The summed E-state index contributed by atoms with van der Waals surface area (Å²) < 4.78 is 4.50. The summed E-state index contributed by atoms with van der Waals surface area (Å²) in [5, 5.41) is 0. The summed E-state index contributed by atoms with van der Waals surface area (Å²) in [5.41, 5.74) is 5.93. The van der Waals surface area contributed by atoms with Crippen molar-refractivity contribution in [3.8, 4) is 0 Å². The maximum absolute atomic E-state index is 11.1. The number of alkyl halides is 1. The van der Waals surface area contributed by atoms with E-state index in [2.05, 4.69) is 14.7 Å². The van der Waals surface area contributed by atoms with Crippen molar-refractivity contribution in [1.82, 2.24) is 9.97 Å². The number of nitrogens with zero attached hydrogens (tertiary/aromatic N) is 2. The van der Waals surface area contributed by atoms with Crippen LogP contribution in [0, 0.1) is 0 Å². The average Bonchev–Trinajstić information content (AvgIpc) is 2.16. The molecule has 0 saturated heterocycles. The number of anilines is 1. The van der Waals surface area contributed by atoms with Crippen molar-refractivity contribution in [3.05, 3.63) is 17.5 Å². The Labute approximate surface area is 79.9 Å². The molecular formula is C7H8ClN3O2. The second kappa shape index (κ2) is 4.04. The van der Waals surface area contributed by atoms with Crippen molar-refractivity contribution in [3.63, 3.8) is 0 Å². The molecule has 13 heavy (non-hydrogen) atoms. The van der Waals surface area contributed by atoms with Gasteiger partial charge in [-0.25, -0.2) is 14.8 Å². The fraction of sp³-hybridized carbons (Fsp3) is 0.286. The van der Waals surface area contributed by atoms with Crippen LogP contribution in [0.2, 0.25) is 0 Å². The fourth-order valence-electron chi connectivity index (χ4n) is 0.815. The first kappa shape index (κ1) is 9.73. The summed E-state index contributed by atoms with van der Waals surface area (Å²) in [6.45, 7) is 0. The van der Waals surface area contributed by atoms with Gasteiger partial charge in [0.05, 0.1) is 18.7 Å². The first-order chi connectivity index (χ1) is 6.19. The highest BCUT2D eigenvalue weighted by Crippen LogP contribution is 2.10. The van der Waals surface area contributed by atoms with E-state index in [0.717, 1.165) is 0 Å². The molecule has 0 aliphatic carbocycles. The Morgan fingerprint density at radius 1 is 1.77 bits per heavy atom. The zero-order chi connectivity index (χ0) is 9.84. The third-order valence-corrected chi connectivity index (χ3v) is 1.67. The van der Waals surface area contributed by atoms with E-state index in [1.807, 2.05) is 0 Å².